The topological polar surface area (TPSA) is 53.5 Å². The third-order valence-electron chi connectivity index (χ3n) is 3.86. The van der Waals surface area contributed by atoms with E-state index >= 15 is 0 Å². The summed E-state index contributed by atoms with van der Waals surface area (Å²) in [7, 11) is 0. The highest BCUT2D eigenvalue weighted by Gasteiger charge is 2.23. The van der Waals surface area contributed by atoms with Crippen LogP contribution in [-0.4, -0.2) is 46.2 Å². The Morgan fingerprint density at radius 2 is 2.24 bits per heavy atom. The number of carbonyl (C=O) groups excluding carboxylic acids is 2. The van der Waals surface area contributed by atoms with Crippen LogP contribution in [0.1, 0.15) is 32.4 Å². The first-order valence-corrected chi connectivity index (χ1v) is 7.49. The average molecular weight is 289 g/mol. The maximum Gasteiger partial charge on any atom is 0.242 e. The molecule has 0 radical (unpaired) electrons. The van der Waals surface area contributed by atoms with Crippen LogP contribution < -0.4 is 0 Å². The smallest absolute Gasteiger partial charge is 0.242 e. The van der Waals surface area contributed by atoms with Crippen molar-refractivity contribution in [2.24, 2.45) is 5.92 Å². The second-order valence-electron chi connectivity index (χ2n) is 5.78. The molecule has 1 aliphatic rings. The molecular formula is C16H23N3O2. The van der Waals surface area contributed by atoms with E-state index < -0.39 is 0 Å². The molecule has 0 spiro atoms. The lowest BCUT2D eigenvalue weighted by Crippen LogP contribution is -2.45. The summed E-state index contributed by atoms with van der Waals surface area (Å²) in [5, 5.41) is 0. The highest BCUT2D eigenvalue weighted by molar-refractivity contribution is 5.83. The summed E-state index contributed by atoms with van der Waals surface area (Å²) >= 11 is 0. The summed E-state index contributed by atoms with van der Waals surface area (Å²) in [4.78, 5) is 31.8. The highest BCUT2D eigenvalue weighted by Crippen LogP contribution is 2.16. The molecule has 21 heavy (non-hydrogen) atoms. The van der Waals surface area contributed by atoms with Crippen molar-refractivity contribution in [3.63, 3.8) is 0 Å². The van der Waals surface area contributed by atoms with E-state index in [0.29, 0.717) is 12.5 Å². The highest BCUT2D eigenvalue weighted by atomic mass is 16.2. The summed E-state index contributed by atoms with van der Waals surface area (Å²) in [6, 6.07) is 5.58. The minimum absolute atomic E-state index is 0.0349. The molecule has 5 nitrogen and oxygen atoms in total. The van der Waals surface area contributed by atoms with Crippen LogP contribution >= 0.6 is 0 Å². The number of nitrogens with zero attached hydrogens (tertiary/aromatic N) is 3. The average Bonchev–Trinajstić information content (AvgIpc) is 2.47. The molecule has 5 heteroatoms. The summed E-state index contributed by atoms with van der Waals surface area (Å²) in [6.45, 7) is 5.78. The van der Waals surface area contributed by atoms with E-state index in [-0.39, 0.29) is 18.4 Å². The zero-order valence-electron chi connectivity index (χ0n) is 12.8. The van der Waals surface area contributed by atoms with Gasteiger partial charge in [-0.05, 0) is 30.9 Å². The first kappa shape index (κ1) is 15.5. The van der Waals surface area contributed by atoms with Crippen LogP contribution in [0.3, 0.4) is 0 Å². The lowest BCUT2D eigenvalue weighted by molar-refractivity contribution is -0.141. The predicted molar refractivity (Wildman–Crippen MR) is 80.3 cm³/mol. The third kappa shape index (κ3) is 4.55. The van der Waals surface area contributed by atoms with E-state index in [4.69, 9.17) is 0 Å². The van der Waals surface area contributed by atoms with Crippen molar-refractivity contribution in [1.82, 2.24) is 14.8 Å². The van der Waals surface area contributed by atoms with Gasteiger partial charge in [-0.2, -0.15) is 0 Å². The molecule has 1 fully saturated rings. The Morgan fingerprint density at radius 3 is 2.86 bits per heavy atom. The van der Waals surface area contributed by atoms with E-state index in [9.17, 15) is 9.59 Å². The fourth-order valence-corrected chi connectivity index (χ4v) is 2.64. The van der Waals surface area contributed by atoms with Gasteiger partial charge in [-0.15, -0.1) is 0 Å². The van der Waals surface area contributed by atoms with Crippen molar-refractivity contribution in [3.05, 3.63) is 30.1 Å². The molecule has 1 unspecified atom stereocenters. The molecule has 1 aromatic rings. The number of likely N-dealkylation sites (tertiary alicyclic amines) is 1. The van der Waals surface area contributed by atoms with E-state index in [1.54, 1.807) is 11.1 Å². The molecule has 2 heterocycles. The molecule has 1 saturated heterocycles. The molecule has 1 aromatic heterocycles. The van der Waals surface area contributed by atoms with Gasteiger partial charge in [-0.3, -0.25) is 14.6 Å². The molecule has 114 valence electrons. The van der Waals surface area contributed by atoms with Crippen LogP contribution in [0.15, 0.2) is 24.4 Å². The van der Waals surface area contributed by atoms with E-state index in [2.05, 4.69) is 11.9 Å². The molecule has 0 saturated carbocycles. The molecular weight excluding hydrogens is 266 g/mol. The Morgan fingerprint density at radius 1 is 1.43 bits per heavy atom. The largest absolute Gasteiger partial charge is 0.341 e. The van der Waals surface area contributed by atoms with Crippen molar-refractivity contribution in [1.29, 1.82) is 0 Å². The van der Waals surface area contributed by atoms with Crippen LogP contribution in [0.25, 0.3) is 0 Å². The Labute approximate surface area is 126 Å². The normalized spacial score (nSPS) is 18.4. The Kier molecular flexibility index (Phi) is 5.31. The predicted octanol–water partition coefficient (Wildman–Crippen LogP) is 1.69. The number of carbonyl (C=O) groups is 2. The van der Waals surface area contributed by atoms with Gasteiger partial charge >= 0.3 is 0 Å². The van der Waals surface area contributed by atoms with Gasteiger partial charge in [0.1, 0.15) is 6.54 Å². The lowest BCUT2D eigenvalue weighted by Gasteiger charge is -2.32. The van der Waals surface area contributed by atoms with Crippen LogP contribution in [0.4, 0.5) is 0 Å². The number of piperidine rings is 1. The Bertz CT molecular complexity index is 490. The van der Waals surface area contributed by atoms with Gasteiger partial charge in [0.15, 0.2) is 0 Å². The molecule has 0 aromatic carbocycles. The van der Waals surface area contributed by atoms with Gasteiger partial charge in [0.05, 0.1) is 12.2 Å². The van der Waals surface area contributed by atoms with Gasteiger partial charge in [0.25, 0.3) is 0 Å². The standard InChI is InChI=1S/C16H23N3O2/c1-13-6-5-9-18(10-13)16(21)12-19(14(2)20)11-15-7-3-4-8-17-15/h3-4,7-8,13H,5-6,9-12H2,1-2H3. The summed E-state index contributed by atoms with van der Waals surface area (Å²) in [5.74, 6) is 0.482. The zero-order chi connectivity index (χ0) is 15.2. The van der Waals surface area contributed by atoms with Crippen molar-refractivity contribution in [2.45, 2.75) is 33.2 Å². The summed E-state index contributed by atoms with van der Waals surface area (Å²) < 4.78 is 0. The lowest BCUT2D eigenvalue weighted by atomic mass is 10.0. The quantitative estimate of drug-likeness (QED) is 0.847. The van der Waals surface area contributed by atoms with Crippen molar-refractivity contribution >= 4 is 11.8 Å². The Balaban J connectivity index is 1.96. The van der Waals surface area contributed by atoms with Gasteiger partial charge in [0, 0.05) is 26.2 Å². The number of hydrogen-bond donors (Lipinski definition) is 0. The Hall–Kier alpha value is -1.91. The monoisotopic (exact) mass is 289 g/mol. The summed E-state index contributed by atoms with van der Waals surface area (Å²) in [6.07, 6.45) is 3.92. The SMILES string of the molecule is CC(=O)N(CC(=O)N1CCCC(C)C1)Cc1ccccn1. The van der Waals surface area contributed by atoms with E-state index in [1.165, 1.54) is 13.3 Å². The zero-order valence-corrected chi connectivity index (χ0v) is 12.8. The van der Waals surface area contributed by atoms with E-state index in [1.807, 2.05) is 23.1 Å². The fourth-order valence-electron chi connectivity index (χ4n) is 2.64. The van der Waals surface area contributed by atoms with Gasteiger partial charge in [-0.1, -0.05) is 13.0 Å². The van der Waals surface area contributed by atoms with Gasteiger partial charge < -0.3 is 9.80 Å². The van der Waals surface area contributed by atoms with Crippen molar-refractivity contribution in [2.75, 3.05) is 19.6 Å². The van der Waals surface area contributed by atoms with Crippen molar-refractivity contribution in [3.8, 4) is 0 Å². The minimum Gasteiger partial charge on any atom is -0.341 e. The molecule has 0 aliphatic carbocycles. The molecule has 2 rings (SSSR count). The molecule has 1 atom stereocenters. The molecule has 1 aliphatic heterocycles. The van der Waals surface area contributed by atoms with Gasteiger partial charge in [-0.25, -0.2) is 0 Å². The number of rotatable bonds is 4. The first-order valence-electron chi connectivity index (χ1n) is 7.49. The second-order valence-corrected chi connectivity index (χ2v) is 5.78. The number of pyridine rings is 1. The number of aromatic nitrogens is 1. The van der Waals surface area contributed by atoms with Crippen molar-refractivity contribution < 1.29 is 9.59 Å². The number of hydrogen-bond acceptors (Lipinski definition) is 3. The third-order valence-corrected chi connectivity index (χ3v) is 3.86. The second kappa shape index (κ2) is 7.20. The number of amides is 2. The maximum absolute atomic E-state index is 12.4. The maximum atomic E-state index is 12.4. The molecule has 0 N–H and O–H groups in total. The van der Waals surface area contributed by atoms with Crippen LogP contribution in [-0.2, 0) is 16.1 Å². The van der Waals surface area contributed by atoms with Crippen LogP contribution in [0, 0.1) is 5.92 Å². The van der Waals surface area contributed by atoms with Crippen LogP contribution in [0.2, 0.25) is 0 Å². The van der Waals surface area contributed by atoms with Gasteiger partial charge in [0.2, 0.25) is 11.8 Å². The minimum atomic E-state index is -0.0981. The fraction of sp³-hybridized carbons (Fsp3) is 0.562. The first-order chi connectivity index (χ1) is 10.1. The van der Waals surface area contributed by atoms with Crippen LogP contribution in [0.5, 0.6) is 0 Å². The molecule has 0 bridgehead atoms. The molecule has 2 amide bonds. The summed E-state index contributed by atoms with van der Waals surface area (Å²) in [5.41, 5.74) is 0.799. The van der Waals surface area contributed by atoms with E-state index in [0.717, 1.165) is 25.2 Å².